The molecule has 0 aliphatic heterocycles. The topological polar surface area (TPSA) is 29.8 Å². The average Bonchev–Trinajstić information content (AvgIpc) is 2.88. The summed E-state index contributed by atoms with van der Waals surface area (Å²) in [6.07, 6.45) is 4.06. The molecule has 0 N–H and O–H groups in total. The van der Waals surface area contributed by atoms with E-state index >= 15 is 0 Å². The Bertz CT molecular complexity index is 1200. The molecule has 0 aliphatic carbocycles. The summed E-state index contributed by atoms with van der Waals surface area (Å²) in [6, 6.07) is 30.5. The van der Waals surface area contributed by atoms with Crippen LogP contribution in [0.4, 0.5) is 17.3 Å². The molecule has 8 heteroatoms. The van der Waals surface area contributed by atoms with Crippen LogP contribution in [0.3, 0.4) is 0 Å². The van der Waals surface area contributed by atoms with Crippen molar-refractivity contribution >= 4 is 19.4 Å². The van der Waals surface area contributed by atoms with E-state index in [0.29, 0.717) is 13.2 Å². The summed E-state index contributed by atoms with van der Waals surface area (Å²) in [5.41, 5.74) is 4.30. The zero-order valence-corrected chi connectivity index (χ0v) is 20.5. The molecule has 4 rings (SSSR count). The fourth-order valence-electron chi connectivity index (χ4n) is 3.45. The van der Waals surface area contributed by atoms with Gasteiger partial charge in [-0.1, -0.05) is 42.5 Å². The van der Waals surface area contributed by atoms with Crippen molar-refractivity contribution in [2.75, 3.05) is 13.2 Å². The van der Waals surface area contributed by atoms with Gasteiger partial charge in [-0.05, 0) is 67.4 Å². The van der Waals surface area contributed by atoms with Gasteiger partial charge in [0.05, 0.1) is 30.9 Å². The highest BCUT2D eigenvalue weighted by atomic mass is 19.5. The summed E-state index contributed by atoms with van der Waals surface area (Å²) in [5.74, 6) is 3.30. The van der Waals surface area contributed by atoms with Gasteiger partial charge in [0.25, 0.3) is 0 Å². The van der Waals surface area contributed by atoms with Crippen molar-refractivity contribution in [2.45, 2.75) is 13.8 Å². The van der Waals surface area contributed by atoms with Gasteiger partial charge in [-0.3, -0.25) is 0 Å². The fraction of sp³-hybridized carbons (Fsp3) is 0.138. The molecule has 192 valence electrons. The van der Waals surface area contributed by atoms with E-state index in [9.17, 15) is 17.3 Å². The molecule has 0 fully saturated rings. The lowest BCUT2D eigenvalue weighted by atomic mass is 10.0. The van der Waals surface area contributed by atoms with Crippen LogP contribution in [0.15, 0.2) is 95.4 Å². The van der Waals surface area contributed by atoms with E-state index in [1.807, 2.05) is 74.5 Å². The summed E-state index contributed by atoms with van der Waals surface area (Å²) in [6.45, 7) is 5.27. The molecule has 3 nitrogen and oxygen atoms in total. The number of ether oxygens (including phenoxy) is 2. The zero-order chi connectivity index (χ0) is 26.7. The molecule has 0 atom stereocenters. The molecule has 0 aliphatic rings. The highest BCUT2D eigenvalue weighted by Gasteiger charge is 2.20. The predicted octanol–water partition coefficient (Wildman–Crippen LogP) is 9.16. The Morgan fingerprint density at radius 1 is 0.649 bits per heavy atom. The molecular weight excluding hydrogens is 483 g/mol. The third-order valence-corrected chi connectivity index (χ3v) is 5.00. The Kier molecular flexibility index (Phi) is 9.89. The second kappa shape index (κ2) is 13.3. The van der Waals surface area contributed by atoms with Crippen LogP contribution in [0.2, 0.25) is 0 Å². The molecule has 37 heavy (non-hydrogen) atoms. The number of rotatable bonds is 8. The van der Waals surface area contributed by atoms with Gasteiger partial charge in [-0.15, -0.1) is 0 Å². The minimum atomic E-state index is -6.00. The first-order valence-corrected chi connectivity index (χ1v) is 11.8. The summed E-state index contributed by atoms with van der Waals surface area (Å²) < 4.78 is 56.4. The zero-order valence-electron chi connectivity index (χ0n) is 20.5. The van der Waals surface area contributed by atoms with Crippen LogP contribution >= 0.6 is 0 Å². The Labute approximate surface area is 214 Å². The maximum atomic E-state index is 9.75. The SMILES string of the molecule is CCOc1ccc(-c2cc(/C=C/c3ccccc3)[o+]c(-c3ccc(OCC)cc3)c2)cc1.F[B-](F)(F)F. The summed E-state index contributed by atoms with van der Waals surface area (Å²) >= 11 is 0. The Morgan fingerprint density at radius 3 is 1.68 bits per heavy atom. The van der Waals surface area contributed by atoms with Gasteiger partial charge < -0.3 is 26.7 Å². The van der Waals surface area contributed by atoms with Crippen LogP contribution in [0.1, 0.15) is 25.2 Å². The average molecular weight is 510 g/mol. The normalized spacial score (nSPS) is 11.1. The van der Waals surface area contributed by atoms with Crippen molar-refractivity contribution in [2.24, 2.45) is 0 Å². The number of halogens is 4. The maximum Gasteiger partial charge on any atom is 0.673 e. The fourth-order valence-corrected chi connectivity index (χ4v) is 3.45. The van der Waals surface area contributed by atoms with E-state index in [2.05, 4.69) is 42.5 Å². The number of benzene rings is 3. The van der Waals surface area contributed by atoms with E-state index in [1.54, 1.807) is 0 Å². The first-order chi connectivity index (χ1) is 17.7. The number of hydrogen-bond donors (Lipinski definition) is 0. The third-order valence-electron chi connectivity index (χ3n) is 5.00. The highest BCUT2D eigenvalue weighted by Crippen LogP contribution is 2.31. The molecule has 1 heterocycles. The quantitative estimate of drug-likeness (QED) is 0.135. The third kappa shape index (κ3) is 9.48. The predicted molar refractivity (Wildman–Crippen MR) is 142 cm³/mol. The Morgan fingerprint density at radius 2 is 1.16 bits per heavy atom. The van der Waals surface area contributed by atoms with Crippen LogP contribution < -0.4 is 9.47 Å². The molecule has 0 unspecified atom stereocenters. The molecule has 0 radical (unpaired) electrons. The number of hydrogen-bond acceptors (Lipinski definition) is 2. The van der Waals surface area contributed by atoms with Crippen molar-refractivity contribution in [1.29, 1.82) is 0 Å². The lowest BCUT2D eigenvalue weighted by Gasteiger charge is -2.05. The minimum Gasteiger partial charge on any atom is -0.494 e. The van der Waals surface area contributed by atoms with Crippen molar-refractivity contribution in [3.05, 3.63) is 102 Å². The second-order valence-corrected chi connectivity index (χ2v) is 7.77. The molecular formula is C29H27BF4O3. The Hall–Kier alpha value is -4.07. The monoisotopic (exact) mass is 510 g/mol. The molecule has 0 saturated heterocycles. The van der Waals surface area contributed by atoms with Gasteiger partial charge >= 0.3 is 18.8 Å². The van der Waals surface area contributed by atoms with E-state index < -0.39 is 7.25 Å². The first-order valence-electron chi connectivity index (χ1n) is 11.8. The minimum absolute atomic E-state index is 0.644. The van der Waals surface area contributed by atoms with Crippen LogP contribution in [-0.4, -0.2) is 20.5 Å². The van der Waals surface area contributed by atoms with Crippen molar-refractivity contribution in [1.82, 2.24) is 0 Å². The van der Waals surface area contributed by atoms with Crippen molar-refractivity contribution < 1.29 is 31.2 Å². The van der Waals surface area contributed by atoms with Crippen LogP contribution in [0, 0.1) is 0 Å². The molecule has 3 aromatic carbocycles. The van der Waals surface area contributed by atoms with E-state index in [0.717, 1.165) is 45.3 Å². The van der Waals surface area contributed by atoms with Gasteiger partial charge in [0.15, 0.2) is 0 Å². The van der Waals surface area contributed by atoms with Crippen molar-refractivity contribution in [3.8, 4) is 33.9 Å². The van der Waals surface area contributed by atoms with Crippen molar-refractivity contribution in [3.63, 3.8) is 0 Å². The Balaban J connectivity index is 0.000000695. The van der Waals surface area contributed by atoms with Crippen LogP contribution in [-0.2, 0) is 0 Å². The molecule has 1 aromatic heterocycles. The smallest absolute Gasteiger partial charge is 0.494 e. The van der Waals surface area contributed by atoms with E-state index in [-0.39, 0.29) is 0 Å². The summed E-state index contributed by atoms with van der Waals surface area (Å²) in [5, 5.41) is 0. The molecule has 0 spiro atoms. The molecule has 0 amide bonds. The van der Waals surface area contributed by atoms with Crippen LogP contribution in [0.5, 0.6) is 11.5 Å². The molecule has 0 saturated carbocycles. The van der Waals surface area contributed by atoms with Crippen LogP contribution in [0.25, 0.3) is 34.6 Å². The molecule has 4 aromatic rings. The maximum absolute atomic E-state index is 9.75. The standard InChI is InChI=1S/C29H27O3.BF4/c1-3-30-26-16-11-23(12-17-26)25-20-28(15-10-22-8-6-5-7-9-22)32-29(21-25)24-13-18-27(19-14-24)31-4-2;2-1(3,4)5/h5-21H,3-4H2,1-2H3;/q+1;-1/b15-10+;. The van der Waals surface area contributed by atoms with Gasteiger partial charge in [0.2, 0.25) is 0 Å². The van der Waals surface area contributed by atoms with Gasteiger partial charge in [0, 0.05) is 11.6 Å². The highest BCUT2D eigenvalue weighted by molar-refractivity contribution is 6.50. The summed E-state index contributed by atoms with van der Waals surface area (Å²) in [4.78, 5) is 0. The van der Waals surface area contributed by atoms with Gasteiger partial charge in [0.1, 0.15) is 11.5 Å². The van der Waals surface area contributed by atoms with E-state index in [4.69, 9.17) is 13.9 Å². The molecule has 0 bridgehead atoms. The lowest BCUT2D eigenvalue weighted by molar-refractivity contribution is 0.340. The lowest BCUT2D eigenvalue weighted by Crippen LogP contribution is -2.02. The second-order valence-electron chi connectivity index (χ2n) is 7.77. The van der Waals surface area contributed by atoms with E-state index in [1.165, 1.54) is 0 Å². The van der Waals surface area contributed by atoms with Gasteiger partial charge in [-0.2, -0.15) is 0 Å². The van der Waals surface area contributed by atoms with Gasteiger partial charge in [-0.25, -0.2) is 4.42 Å². The largest absolute Gasteiger partial charge is 0.673 e. The first kappa shape index (κ1) is 27.5. The summed E-state index contributed by atoms with van der Waals surface area (Å²) in [7, 11) is -6.00.